The Hall–Kier alpha value is -3.05. The fraction of sp³-hybridized carbons (Fsp3) is 0.462. The number of rotatable bonds is 7. The number of carbonyl (C=O) groups excluding carboxylic acids is 1. The number of halogens is 1. The SMILES string of the molecule is COc1cnc2ccc(Cl)c(C(O)CN3C4CCC3CC(NCc3ccc5c(n3)NC(=O)CO5)C4)c2n1. The van der Waals surface area contributed by atoms with Gasteiger partial charge in [-0.3, -0.25) is 9.69 Å². The molecule has 1 amide bonds. The van der Waals surface area contributed by atoms with Crippen LogP contribution in [0.25, 0.3) is 11.0 Å². The van der Waals surface area contributed by atoms with Gasteiger partial charge in [0.15, 0.2) is 18.2 Å². The first-order valence-corrected chi connectivity index (χ1v) is 12.9. The summed E-state index contributed by atoms with van der Waals surface area (Å²) in [4.78, 5) is 27.5. The molecule has 2 saturated heterocycles. The number of aromatic nitrogens is 3. The summed E-state index contributed by atoms with van der Waals surface area (Å²) in [5, 5.41) is 18.2. The number of aliphatic hydroxyl groups excluding tert-OH is 1. The summed E-state index contributed by atoms with van der Waals surface area (Å²) in [5.74, 6) is 1.28. The van der Waals surface area contributed by atoms with Crippen molar-refractivity contribution in [3.63, 3.8) is 0 Å². The average molecular weight is 525 g/mol. The van der Waals surface area contributed by atoms with Gasteiger partial charge in [0, 0.05) is 41.8 Å². The molecule has 194 valence electrons. The molecule has 0 spiro atoms. The first-order chi connectivity index (χ1) is 18.0. The van der Waals surface area contributed by atoms with Gasteiger partial charge in [0.25, 0.3) is 5.91 Å². The number of carbonyl (C=O) groups is 1. The van der Waals surface area contributed by atoms with Crippen LogP contribution in [-0.4, -0.2) is 69.3 Å². The van der Waals surface area contributed by atoms with Gasteiger partial charge >= 0.3 is 0 Å². The van der Waals surface area contributed by atoms with Gasteiger partial charge in [-0.25, -0.2) is 15.0 Å². The quantitative estimate of drug-likeness (QED) is 0.428. The summed E-state index contributed by atoms with van der Waals surface area (Å²) in [6.45, 7) is 1.13. The summed E-state index contributed by atoms with van der Waals surface area (Å²) >= 11 is 6.54. The highest BCUT2D eigenvalue weighted by molar-refractivity contribution is 6.32. The van der Waals surface area contributed by atoms with Crippen LogP contribution in [0.4, 0.5) is 5.82 Å². The molecule has 3 aliphatic rings. The maximum Gasteiger partial charge on any atom is 0.263 e. The lowest BCUT2D eigenvalue weighted by Crippen LogP contribution is -2.50. The van der Waals surface area contributed by atoms with Crippen molar-refractivity contribution < 1.29 is 19.4 Å². The second kappa shape index (κ2) is 10.0. The lowest BCUT2D eigenvalue weighted by molar-refractivity contribution is -0.118. The zero-order valence-corrected chi connectivity index (χ0v) is 21.2. The van der Waals surface area contributed by atoms with Crippen LogP contribution in [0.1, 0.15) is 43.0 Å². The number of fused-ring (bicyclic) bond motifs is 4. The Morgan fingerprint density at radius 1 is 1.24 bits per heavy atom. The van der Waals surface area contributed by atoms with Gasteiger partial charge in [-0.1, -0.05) is 11.6 Å². The van der Waals surface area contributed by atoms with E-state index in [1.54, 1.807) is 25.4 Å². The number of hydrogen-bond acceptors (Lipinski definition) is 9. The number of piperidine rings is 1. The Morgan fingerprint density at radius 2 is 2.05 bits per heavy atom. The van der Waals surface area contributed by atoms with Gasteiger partial charge < -0.3 is 25.2 Å². The predicted molar refractivity (Wildman–Crippen MR) is 138 cm³/mol. The van der Waals surface area contributed by atoms with E-state index in [4.69, 9.17) is 21.1 Å². The van der Waals surface area contributed by atoms with Crippen LogP contribution in [0.5, 0.6) is 11.6 Å². The number of methoxy groups -OCH3 is 1. The first kappa shape index (κ1) is 24.3. The van der Waals surface area contributed by atoms with Crippen LogP contribution in [-0.2, 0) is 11.3 Å². The second-order valence-electron chi connectivity index (χ2n) is 9.87. The maximum absolute atomic E-state index is 11.6. The molecule has 3 unspecified atom stereocenters. The Morgan fingerprint density at radius 3 is 2.84 bits per heavy atom. The number of hydrogen-bond donors (Lipinski definition) is 3. The monoisotopic (exact) mass is 524 g/mol. The number of anilines is 1. The summed E-state index contributed by atoms with van der Waals surface area (Å²) in [5.41, 5.74) is 2.70. The smallest absolute Gasteiger partial charge is 0.263 e. The fourth-order valence-electron chi connectivity index (χ4n) is 5.85. The number of aliphatic hydroxyl groups is 1. The summed E-state index contributed by atoms with van der Waals surface area (Å²) in [6, 6.07) is 8.46. The van der Waals surface area contributed by atoms with Crippen molar-refractivity contribution in [1.82, 2.24) is 25.2 Å². The molecule has 2 aromatic heterocycles. The van der Waals surface area contributed by atoms with Crippen molar-refractivity contribution in [2.75, 3.05) is 25.6 Å². The molecular formula is C26H29ClN6O4. The van der Waals surface area contributed by atoms with Gasteiger partial charge in [0.2, 0.25) is 5.88 Å². The van der Waals surface area contributed by atoms with Crippen molar-refractivity contribution in [2.45, 2.75) is 56.5 Å². The van der Waals surface area contributed by atoms with Crippen molar-refractivity contribution >= 4 is 34.4 Å². The van der Waals surface area contributed by atoms with E-state index in [1.807, 2.05) is 12.1 Å². The molecule has 1 aromatic carbocycles. The molecule has 0 saturated carbocycles. The molecule has 5 heterocycles. The highest BCUT2D eigenvalue weighted by Gasteiger charge is 2.41. The van der Waals surface area contributed by atoms with Crippen LogP contribution in [0.3, 0.4) is 0 Å². The third-order valence-electron chi connectivity index (χ3n) is 7.59. The Balaban J connectivity index is 1.11. The van der Waals surface area contributed by atoms with E-state index in [1.165, 1.54) is 0 Å². The first-order valence-electron chi connectivity index (χ1n) is 12.6. The van der Waals surface area contributed by atoms with Crippen LogP contribution in [0, 0.1) is 0 Å². The van der Waals surface area contributed by atoms with Crippen LogP contribution in [0.2, 0.25) is 5.02 Å². The molecule has 11 heteroatoms. The molecule has 2 bridgehead atoms. The highest BCUT2D eigenvalue weighted by Crippen LogP contribution is 2.39. The summed E-state index contributed by atoms with van der Waals surface area (Å²) < 4.78 is 10.6. The van der Waals surface area contributed by atoms with E-state index in [2.05, 4.69) is 30.5 Å². The minimum atomic E-state index is -0.789. The Kier molecular flexibility index (Phi) is 6.58. The number of benzene rings is 1. The third-order valence-corrected chi connectivity index (χ3v) is 7.92. The Bertz CT molecular complexity index is 1330. The summed E-state index contributed by atoms with van der Waals surface area (Å²) in [7, 11) is 1.54. The van der Waals surface area contributed by atoms with Gasteiger partial charge in [0.1, 0.15) is 5.52 Å². The number of ether oxygens (including phenoxy) is 2. The zero-order valence-electron chi connectivity index (χ0n) is 20.5. The van der Waals surface area contributed by atoms with Crippen LogP contribution < -0.4 is 20.1 Å². The molecule has 6 rings (SSSR count). The van der Waals surface area contributed by atoms with E-state index < -0.39 is 6.10 Å². The zero-order chi connectivity index (χ0) is 25.5. The fourth-order valence-corrected chi connectivity index (χ4v) is 6.13. The molecule has 3 N–H and O–H groups in total. The van der Waals surface area contributed by atoms with Crippen molar-refractivity contribution in [3.8, 4) is 11.6 Å². The molecule has 3 aliphatic heterocycles. The molecule has 10 nitrogen and oxygen atoms in total. The predicted octanol–water partition coefficient (Wildman–Crippen LogP) is 2.84. The molecule has 2 fully saturated rings. The highest BCUT2D eigenvalue weighted by atomic mass is 35.5. The van der Waals surface area contributed by atoms with Gasteiger partial charge in [-0.05, 0) is 49.9 Å². The number of amides is 1. The maximum atomic E-state index is 11.6. The number of nitrogens with zero attached hydrogens (tertiary/aromatic N) is 4. The van der Waals surface area contributed by atoms with E-state index >= 15 is 0 Å². The number of nitrogens with one attached hydrogen (secondary N) is 2. The lowest BCUT2D eigenvalue weighted by Gasteiger charge is -2.40. The molecular weight excluding hydrogens is 496 g/mol. The second-order valence-corrected chi connectivity index (χ2v) is 10.3. The molecule has 0 aliphatic carbocycles. The van der Waals surface area contributed by atoms with E-state index in [0.29, 0.717) is 70.3 Å². The van der Waals surface area contributed by atoms with Gasteiger partial charge in [0.05, 0.1) is 30.6 Å². The van der Waals surface area contributed by atoms with E-state index in [-0.39, 0.29) is 12.5 Å². The molecule has 0 radical (unpaired) electrons. The van der Waals surface area contributed by atoms with Crippen LogP contribution >= 0.6 is 11.6 Å². The minimum Gasteiger partial charge on any atom is -0.480 e. The topological polar surface area (TPSA) is 122 Å². The largest absolute Gasteiger partial charge is 0.480 e. The lowest BCUT2D eigenvalue weighted by atomic mass is 9.95. The van der Waals surface area contributed by atoms with Crippen molar-refractivity contribution in [1.29, 1.82) is 0 Å². The molecule has 3 aromatic rings. The summed E-state index contributed by atoms with van der Waals surface area (Å²) in [6.07, 6.45) is 4.96. The Labute approximate surface area is 219 Å². The van der Waals surface area contributed by atoms with E-state index in [0.717, 1.165) is 31.4 Å². The minimum absolute atomic E-state index is 0.0244. The third kappa shape index (κ3) is 4.82. The average Bonchev–Trinajstić information content (AvgIpc) is 3.12. The van der Waals surface area contributed by atoms with Crippen LogP contribution in [0.15, 0.2) is 30.5 Å². The van der Waals surface area contributed by atoms with Crippen molar-refractivity contribution in [2.24, 2.45) is 0 Å². The number of pyridine rings is 1. The van der Waals surface area contributed by atoms with Gasteiger partial charge in [-0.15, -0.1) is 0 Å². The van der Waals surface area contributed by atoms with Gasteiger partial charge in [-0.2, -0.15) is 0 Å². The standard InChI is InChI=1S/C26H29ClN6O4/c1-36-23-11-29-19-6-5-18(27)24(25(19)32-23)20(34)12-33-16-3-4-17(33)9-15(8-16)28-10-14-2-7-21-26(30-14)31-22(35)13-37-21/h2,5-7,11,15-17,20,28,34H,3-4,8-10,12-13H2,1H3,(H,30,31,35). The normalized spacial score (nSPS) is 23.9. The van der Waals surface area contributed by atoms with E-state index in [9.17, 15) is 9.90 Å². The molecule has 3 atom stereocenters. The molecule has 37 heavy (non-hydrogen) atoms. The van der Waals surface area contributed by atoms with Crippen molar-refractivity contribution in [3.05, 3.63) is 46.7 Å².